The lowest BCUT2D eigenvalue weighted by molar-refractivity contribution is -0.132. The lowest BCUT2D eigenvalue weighted by Gasteiger charge is -2.39. The number of carbonyl (C=O) groups excluding carboxylic acids is 1. The molecular weight excluding hydrogens is 238 g/mol. The van der Waals surface area contributed by atoms with Crippen molar-refractivity contribution >= 4 is 5.91 Å². The average molecular weight is 267 g/mol. The Kier molecular flexibility index (Phi) is 5.22. The van der Waals surface area contributed by atoms with E-state index < -0.39 is 0 Å². The second kappa shape index (κ2) is 6.71. The highest BCUT2D eigenvalue weighted by Crippen LogP contribution is 2.35. The van der Waals surface area contributed by atoms with Gasteiger partial charge < -0.3 is 10.2 Å². The van der Waals surface area contributed by atoms with Crippen molar-refractivity contribution in [1.29, 1.82) is 0 Å². The van der Waals surface area contributed by atoms with E-state index in [0.717, 1.165) is 13.1 Å². The molecule has 0 aromatic rings. The quantitative estimate of drug-likeness (QED) is 0.791. The molecule has 0 radical (unpaired) electrons. The summed E-state index contributed by atoms with van der Waals surface area (Å²) in [6.45, 7) is 6.81. The summed E-state index contributed by atoms with van der Waals surface area (Å²) >= 11 is 0. The third-order valence-corrected chi connectivity index (χ3v) is 4.79. The summed E-state index contributed by atoms with van der Waals surface area (Å²) < 4.78 is 0. The Hall–Kier alpha value is -0.610. The molecule has 2 unspecified atom stereocenters. The number of rotatable bonds is 6. The lowest BCUT2D eigenvalue weighted by atomic mass is 9.97. The van der Waals surface area contributed by atoms with Gasteiger partial charge in [-0.05, 0) is 45.6 Å². The highest BCUT2D eigenvalue weighted by atomic mass is 16.2. The van der Waals surface area contributed by atoms with Crippen LogP contribution in [0.25, 0.3) is 0 Å². The van der Waals surface area contributed by atoms with Crippen molar-refractivity contribution in [3.05, 3.63) is 0 Å². The summed E-state index contributed by atoms with van der Waals surface area (Å²) in [5.74, 6) is 0.277. The SMILES string of the molecule is CCCNC1CC2CCC(C1)N2CC(=O)N(C)CC. The molecule has 110 valence electrons. The van der Waals surface area contributed by atoms with Crippen molar-refractivity contribution in [3.8, 4) is 0 Å². The standard InChI is InChI=1S/C15H29N3O/c1-4-8-16-12-9-13-6-7-14(10-12)18(13)11-15(19)17(3)5-2/h12-14,16H,4-11H2,1-3H3. The second-order valence-electron chi connectivity index (χ2n) is 6.09. The Bertz CT molecular complexity index is 294. The van der Waals surface area contributed by atoms with Crippen LogP contribution in [-0.2, 0) is 4.79 Å². The van der Waals surface area contributed by atoms with Gasteiger partial charge in [-0.25, -0.2) is 0 Å². The Labute approximate surface area is 117 Å². The molecule has 2 heterocycles. The summed E-state index contributed by atoms with van der Waals surface area (Å²) in [7, 11) is 1.90. The molecule has 19 heavy (non-hydrogen) atoms. The first-order valence-corrected chi connectivity index (χ1v) is 7.88. The first kappa shape index (κ1) is 14.8. The topological polar surface area (TPSA) is 35.6 Å². The predicted molar refractivity (Wildman–Crippen MR) is 78.1 cm³/mol. The summed E-state index contributed by atoms with van der Waals surface area (Å²) in [4.78, 5) is 16.4. The normalized spacial score (nSPS) is 30.6. The summed E-state index contributed by atoms with van der Waals surface area (Å²) in [5.41, 5.74) is 0. The van der Waals surface area contributed by atoms with E-state index in [-0.39, 0.29) is 5.91 Å². The minimum atomic E-state index is 0.277. The molecule has 2 saturated heterocycles. The van der Waals surface area contributed by atoms with Gasteiger partial charge >= 0.3 is 0 Å². The number of nitrogens with one attached hydrogen (secondary N) is 1. The average Bonchev–Trinajstić information content (AvgIpc) is 2.65. The summed E-state index contributed by atoms with van der Waals surface area (Å²) in [5, 5.41) is 3.66. The largest absolute Gasteiger partial charge is 0.345 e. The molecule has 1 amide bonds. The van der Waals surface area contributed by atoms with Crippen LogP contribution in [0.5, 0.6) is 0 Å². The minimum absolute atomic E-state index is 0.277. The molecule has 2 aliphatic heterocycles. The molecule has 0 spiro atoms. The number of nitrogens with zero attached hydrogens (tertiary/aromatic N) is 2. The van der Waals surface area contributed by atoms with Gasteiger partial charge in [0.25, 0.3) is 0 Å². The molecule has 4 nitrogen and oxygen atoms in total. The Morgan fingerprint density at radius 2 is 1.89 bits per heavy atom. The van der Waals surface area contributed by atoms with Crippen LogP contribution in [0.4, 0.5) is 0 Å². The highest BCUT2D eigenvalue weighted by Gasteiger charge is 2.41. The maximum atomic E-state index is 12.1. The maximum absolute atomic E-state index is 12.1. The number of likely N-dealkylation sites (N-methyl/N-ethyl adjacent to an activating group) is 1. The van der Waals surface area contributed by atoms with Gasteiger partial charge in [0.05, 0.1) is 6.54 Å². The first-order valence-electron chi connectivity index (χ1n) is 7.88. The van der Waals surface area contributed by atoms with Crippen LogP contribution in [0.2, 0.25) is 0 Å². The van der Waals surface area contributed by atoms with Gasteiger partial charge in [0.2, 0.25) is 5.91 Å². The third kappa shape index (κ3) is 3.48. The predicted octanol–water partition coefficient (Wildman–Crippen LogP) is 1.46. The number of hydrogen-bond acceptors (Lipinski definition) is 3. The lowest BCUT2D eigenvalue weighted by Crippen LogP contribution is -2.52. The molecule has 0 aromatic carbocycles. The number of piperidine rings is 1. The molecule has 0 aromatic heterocycles. The number of fused-ring (bicyclic) bond motifs is 2. The molecule has 1 N–H and O–H groups in total. The number of hydrogen-bond donors (Lipinski definition) is 1. The van der Waals surface area contributed by atoms with Gasteiger partial charge in [0, 0.05) is 31.7 Å². The number of amides is 1. The van der Waals surface area contributed by atoms with Crippen molar-refractivity contribution in [3.63, 3.8) is 0 Å². The molecule has 2 fully saturated rings. The van der Waals surface area contributed by atoms with Crippen LogP contribution >= 0.6 is 0 Å². The van der Waals surface area contributed by atoms with E-state index in [0.29, 0.717) is 24.7 Å². The van der Waals surface area contributed by atoms with Crippen LogP contribution in [0.15, 0.2) is 0 Å². The fourth-order valence-electron chi connectivity index (χ4n) is 3.50. The van der Waals surface area contributed by atoms with Gasteiger partial charge in [-0.15, -0.1) is 0 Å². The molecule has 2 bridgehead atoms. The van der Waals surface area contributed by atoms with E-state index in [1.807, 2.05) is 18.9 Å². The molecule has 4 heteroatoms. The van der Waals surface area contributed by atoms with E-state index >= 15 is 0 Å². The van der Waals surface area contributed by atoms with Gasteiger partial charge in [-0.2, -0.15) is 0 Å². The Morgan fingerprint density at radius 1 is 1.26 bits per heavy atom. The molecule has 2 atom stereocenters. The minimum Gasteiger partial charge on any atom is -0.345 e. The van der Waals surface area contributed by atoms with Crippen molar-refractivity contribution in [1.82, 2.24) is 15.1 Å². The van der Waals surface area contributed by atoms with Crippen LogP contribution in [0.3, 0.4) is 0 Å². The fraction of sp³-hybridized carbons (Fsp3) is 0.933. The van der Waals surface area contributed by atoms with Crippen LogP contribution in [0, 0.1) is 0 Å². The van der Waals surface area contributed by atoms with E-state index in [2.05, 4.69) is 17.1 Å². The zero-order valence-corrected chi connectivity index (χ0v) is 12.7. The zero-order chi connectivity index (χ0) is 13.8. The van der Waals surface area contributed by atoms with Crippen molar-refractivity contribution in [2.24, 2.45) is 0 Å². The van der Waals surface area contributed by atoms with Crippen molar-refractivity contribution in [2.45, 2.75) is 64.1 Å². The maximum Gasteiger partial charge on any atom is 0.236 e. The smallest absolute Gasteiger partial charge is 0.236 e. The third-order valence-electron chi connectivity index (χ3n) is 4.79. The van der Waals surface area contributed by atoms with E-state index in [1.165, 1.54) is 32.1 Å². The number of carbonyl (C=O) groups is 1. The molecular formula is C15H29N3O. The van der Waals surface area contributed by atoms with Gasteiger partial charge in [0.1, 0.15) is 0 Å². The summed E-state index contributed by atoms with van der Waals surface area (Å²) in [6, 6.07) is 1.93. The van der Waals surface area contributed by atoms with Crippen LogP contribution < -0.4 is 5.32 Å². The highest BCUT2D eigenvalue weighted by molar-refractivity contribution is 5.78. The first-order chi connectivity index (χ1) is 9.15. The van der Waals surface area contributed by atoms with Crippen LogP contribution in [-0.4, -0.2) is 60.5 Å². The van der Waals surface area contributed by atoms with Gasteiger partial charge in [-0.1, -0.05) is 6.92 Å². The molecule has 0 aliphatic carbocycles. The van der Waals surface area contributed by atoms with Gasteiger partial charge in [0.15, 0.2) is 0 Å². The second-order valence-corrected chi connectivity index (χ2v) is 6.09. The van der Waals surface area contributed by atoms with Gasteiger partial charge in [-0.3, -0.25) is 9.69 Å². The van der Waals surface area contributed by atoms with E-state index in [4.69, 9.17) is 0 Å². The fourth-order valence-corrected chi connectivity index (χ4v) is 3.50. The van der Waals surface area contributed by atoms with Crippen molar-refractivity contribution < 1.29 is 4.79 Å². The Balaban J connectivity index is 1.87. The zero-order valence-electron chi connectivity index (χ0n) is 12.7. The summed E-state index contributed by atoms with van der Waals surface area (Å²) in [6.07, 6.45) is 6.20. The molecule has 2 rings (SSSR count). The van der Waals surface area contributed by atoms with E-state index in [9.17, 15) is 4.79 Å². The van der Waals surface area contributed by atoms with E-state index in [1.54, 1.807) is 0 Å². The Morgan fingerprint density at radius 3 is 2.42 bits per heavy atom. The van der Waals surface area contributed by atoms with Crippen LogP contribution in [0.1, 0.15) is 46.0 Å². The van der Waals surface area contributed by atoms with Crippen molar-refractivity contribution in [2.75, 3.05) is 26.7 Å². The molecule has 2 aliphatic rings. The monoisotopic (exact) mass is 267 g/mol. The molecule has 0 saturated carbocycles.